The van der Waals surface area contributed by atoms with Crippen molar-refractivity contribution < 1.29 is 31.3 Å². The maximum absolute atomic E-state index is 12.4. The molecule has 3 fully saturated rings. The van der Waals surface area contributed by atoms with Crippen LogP contribution in [0.2, 0.25) is 5.15 Å². The third kappa shape index (κ3) is 7.41. The van der Waals surface area contributed by atoms with Gasteiger partial charge in [-0.05, 0) is 24.5 Å². The highest BCUT2D eigenvalue weighted by Gasteiger charge is 2.39. The van der Waals surface area contributed by atoms with Crippen LogP contribution in [0.15, 0.2) is 18.5 Å². The molecule has 0 aliphatic carbocycles. The van der Waals surface area contributed by atoms with E-state index in [2.05, 4.69) is 14.9 Å². The summed E-state index contributed by atoms with van der Waals surface area (Å²) in [4.78, 5) is 38.2. The highest BCUT2D eigenvalue weighted by molar-refractivity contribution is 7.91. The van der Waals surface area contributed by atoms with Crippen LogP contribution in [0.4, 0.5) is 11.5 Å². The van der Waals surface area contributed by atoms with Gasteiger partial charge in [-0.2, -0.15) is 0 Å². The number of sulfone groups is 2. The fraction of sp³-hybridized carbons (Fsp3) is 0.593. The van der Waals surface area contributed by atoms with Gasteiger partial charge in [0.15, 0.2) is 15.6 Å². The van der Waals surface area contributed by atoms with E-state index in [-0.39, 0.29) is 77.8 Å². The van der Waals surface area contributed by atoms with Crippen LogP contribution in [-0.2, 0) is 31.1 Å². The number of amides is 1. The largest absolute Gasteiger partial charge is 0.481 e. The van der Waals surface area contributed by atoms with Gasteiger partial charge in [-0.15, -0.1) is 0 Å². The number of nitro benzene ring substituents is 1. The summed E-state index contributed by atoms with van der Waals surface area (Å²) in [5.74, 6) is 0.292. The molecule has 0 N–H and O–H groups in total. The fourth-order valence-electron chi connectivity index (χ4n) is 5.91. The number of aromatic nitrogens is 2. The number of carbonyl (C=O) groups excluding carboxylic acids is 1. The van der Waals surface area contributed by atoms with Gasteiger partial charge in [0.05, 0.1) is 27.7 Å². The highest BCUT2D eigenvalue weighted by atomic mass is 35.5. The Labute approximate surface area is 261 Å². The van der Waals surface area contributed by atoms with Crippen LogP contribution in [0.3, 0.4) is 0 Å². The number of anilines is 1. The summed E-state index contributed by atoms with van der Waals surface area (Å²) in [6.45, 7) is 4.61. The van der Waals surface area contributed by atoms with Crippen LogP contribution in [0.25, 0.3) is 0 Å². The van der Waals surface area contributed by atoms with Crippen molar-refractivity contribution in [1.29, 1.82) is 0 Å². The summed E-state index contributed by atoms with van der Waals surface area (Å²) in [5.41, 5.74) is 1.67. The van der Waals surface area contributed by atoms with Crippen molar-refractivity contribution in [2.24, 2.45) is 0 Å². The predicted octanol–water partition coefficient (Wildman–Crippen LogP) is 1.60. The minimum Gasteiger partial charge on any atom is -0.481 e. The standard InChI is InChI=1S/C27H35ClN6O8S2/c1-18-11-19(20-13-33(14-20)21-3-5-32(15-21)24(35)4-8-43(2,38)39)12-23(34(36)37)25(18)42-16-22-26(28)29-17-30-27(22)31-6-9-44(40,41)10-7-31/h11-12,17,20-21H,3-10,13-16H2,1-2H3. The van der Waals surface area contributed by atoms with Gasteiger partial charge in [0, 0.05) is 70.0 Å². The molecule has 0 radical (unpaired) electrons. The van der Waals surface area contributed by atoms with Crippen molar-refractivity contribution in [3.05, 3.63) is 50.4 Å². The minimum absolute atomic E-state index is 0.0118. The molecule has 1 aromatic carbocycles. The van der Waals surface area contributed by atoms with Crippen LogP contribution in [0.1, 0.15) is 35.4 Å². The number of likely N-dealkylation sites (tertiary alicyclic amines) is 2. The summed E-state index contributed by atoms with van der Waals surface area (Å²) in [7, 11) is -6.32. The van der Waals surface area contributed by atoms with E-state index in [0.717, 1.165) is 18.2 Å². The van der Waals surface area contributed by atoms with Gasteiger partial charge in [-0.3, -0.25) is 19.8 Å². The van der Waals surface area contributed by atoms with Crippen LogP contribution in [0, 0.1) is 17.0 Å². The molecule has 4 heterocycles. The molecule has 14 nitrogen and oxygen atoms in total. The van der Waals surface area contributed by atoms with Gasteiger partial charge in [0.1, 0.15) is 33.7 Å². The topological polar surface area (TPSA) is 173 Å². The second-order valence-electron chi connectivity index (χ2n) is 11.7. The van der Waals surface area contributed by atoms with Crippen LogP contribution >= 0.6 is 11.6 Å². The average Bonchev–Trinajstić information content (AvgIpc) is 3.40. The van der Waals surface area contributed by atoms with Gasteiger partial charge in [-0.25, -0.2) is 26.8 Å². The molecule has 0 spiro atoms. The fourth-order valence-corrected chi connectivity index (χ4v) is 7.84. The lowest BCUT2D eigenvalue weighted by Crippen LogP contribution is -2.51. The number of hydrogen-bond acceptors (Lipinski definition) is 12. The molecule has 17 heteroatoms. The first-order chi connectivity index (χ1) is 20.7. The second kappa shape index (κ2) is 12.7. The van der Waals surface area contributed by atoms with Crippen molar-refractivity contribution in [3.8, 4) is 5.75 Å². The average molecular weight is 671 g/mol. The zero-order valence-corrected chi connectivity index (χ0v) is 26.9. The predicted molar refractivity (Wildman–Crippen MR) is 164 cm³/mol. The number of carbonyl (C=O) groups is 1. The number of halogens is 1. The van der Waals surface area contributed by atoms with Gasteiger partial charge in [0.25, 0.3) is 0 Å². The lowest BCUT2D eigenvalue weighted by Gasteiger charge is -2.43. The van der Waals surface area contributed by atoms with Crippen LogP contribution in [-0.4, -0.2) is 116 Å². The SMILES string of the molecule is Cc1cc(C2CN(C3CCN(C(=O)CCS(C)(=O)=O)C3)C2)cc([N+](=O)[O-])c1OCc1c(Cl)ncnc1N1CCS(=O)(=O)CC1. The summed E-state index contributed by atoms with van der Waals surface area (Å²) in [6, 6.07) is 3.60. The quantitative estimate of drug-likeness (QED) is 0.203. The van der Waals surface area contributed by atoms with Gasteiger partial charge in [0.2, 0.25) is 5.91 Å². The number of benzene rings is 1. The highest BCUT2D eigenvalue weighted by Crippen LogP contribution is 2.39. The summed E-state index contributed by atoms with van der Waals surface area (Å²) < 4.78 is 52.6. The van der Waals surface area contributed by atoms with Crippen LogP contribution in [0.5, 0.6) is 5.75 Å². The summed E-state index contributed by atoms with van der Waals surface area (Å²) in [6.07, 6.45) is 3.19. The van der Waals surface area contributed by atoms with E-state index in [4.69, 9.17) is 16.3 Å². The molecule has 3 saturated heterocycles. The van der Waals surface area contributed by atoms with Crippen molar-refractivity contribution in [1.82, 2.24) is 19.8 Å². The Morgan fingerprint density at radius 1 is 1.16 bits per heavy atom. The maximum Gasteiger partial charge on any atom is 0.311 e. The molecule has 0 bridgehead atoms. The lowest BCUT2D eigenvalue weighted by atomic mass is 9.88. The Morgan fingerprint density at radius 3 is 2.52 bits per heavy atom. The molecule has 1 unspecified atom stereocenters. The Hall–Kier alpha value is -3.08. The second-order valence-corrected chi connectivity index (χ2v) is 16.6. The number of ether oxygens (including phenoxy) is 1. The summed E-state index contributed by atoms with van der Waals surface area (Å²) >= 11 is 6.37. The lowest BCUT2D eigenvalue weighted by molar-refractivity contribution is -0.386. The zero-order chi connectivity index (χ0) is 31.8. The normalized spacial score (nSPS) is 20.8. The van der Waals surface area contributed by atoms with E-state index >= 15 is 0 Å². The summed E-state index contributed by atoms with van der Waals surface area (Å²) in [5, 5.41) is 12.2. The van der Waals surface area contributed by atoms with Crippen molar-refractivity contribution >= 4 is 48.7 Å². The van der Waals surface area contributed by atoms with Crippen molar-refractivity contribution in [3.63, 3.8) is 0 Å². The molecule has 0 saturated carbocycles. The number of nitrogens with zero attached hydrogens (tertiary/aromatic N) is 6. The molecule has 240 valence electrons. The molecule has 3 aliphatic heterocycles. The molecule has 44 heavy (non-hydrogen) atoms. The molecule has 2 aromatic rings. The number of rotatable bonds is 10. The van der Waals surface area contributed by atoms with Crippen LogP contribution < -0.4 is 9.64 Å². The first-order valence-electron chi connectivity index (χ1n) is 14.3. The first-order valence-corrected chi connectivity index (χ1v) is 18.5. The molecule has 3 aliphatic rings. The van der Waals surface area contributed by atoms with E-state index in [0.29, 0.717) is 43.1 Å². The third-order valence-electron chi connectivity index (χ3n) is 8.45. The molecule has 1 aromatic heterocycles. The van der Waals surface area contributed by atoms with E-state index in [1.807, 2.05) is 6.07 Å². The Bertz CT molecular complexity index is 1650. The van der Waals surface area contributed by atoms with E-state index < -0.39 is 24.6 Å². The van der Waals surface area contributed by atoms with E-state index in [1.165, 1.54) is 6.33 Å². The number of aryl methyl sites for hydroxylation is 1. The third-order valence-corrected chi connectivity index (χ3v) is 11.3. The van der Waals surface area contributed by atoms with Crippen molar-refractivity contribution in [2.45, 2.75) is 38.3 Å². The molecular weight excluding hydrogens is 636 g/mol. The Balaban J connectivity index is 1.23. The monoisotopic (exact) mass is 670 g/mol. The number of nitro groups is 1. The minimum atomic E-state index is -3.20. The maximum atomic E-state index is 12.4. The van der Waals surface area contributed by atoms with E-state index in [1.54, 1.807) is 22.8 Å². The van der Waals surface area contributed by atoms with Gasteiger partial charge in [-0.1, -0.05) is 17.7 Å². The molecule has 5 rings (SSSR count). The first kappa shape index (κ1) is 32.3. The van der Waals surface area contributed by atoms with Gasteiger partial charge >= 0.3 is 5.69 Å². The Kier molecular flexibility index (Phi) is 9.35. The Morgan fingerprint density at radius 2 is 1.86 bits per heavy atom. The zero-order valence-electron chi connectivity index (χ0n) is 24.5. The van der Waals surface area contributed by atoms with E-state index in [9.17, 15) is 31.7 Å². The van der Waals surface area contributed by atoms with Gasteiger partial charge < -0.3 is 14.5 Å². The number of hydrogen-bond donors (Lipinski definition) is 0. The smallest absolute Gasteiger partial charge is 0.311 e. The molecular formula is C27H35ClN6O8S2. The van der Waals surface area contributed by atoms with Crippen molar-refractivity contribution in [2.75, 3.05) is 67.7 Å². The molecule has 1 amide bonds. The molecule has 1 atom stereocenters.